The first-order chi connectivity index (χ1) is 35.1. The number of carbonyl (C=O) groups is 3. The molecule has 3 rings (SSSR count). The summed E-state index contributed by atoms with van der Waals surface area (Å²) in [6, 6.07) is 9.09. The van der Waals surface area contributed by atoms with Gasteiger partial charge in [0, 0.05) is 6.42 Å². The molecule has 1 aromatic rings. The van der Waals surface area contributed by atoms with Crippen LogP contribution in [0.2, 0.25) is 0 Å². The lowest BCUT2D eigenvalue weighted by atomic mass is 9.94. The van der Waals surface area contributed by atoms with Crippen LogP contribution in [0.4, 0.5) is 0 Å². The highest BCUT2D eigenvalue weighted by Crippen LogP contribution is 2.35. The van der Waals surface area contributed by atoms with Crippen molar-refractivity contribution in [1.29, 1.82) is 0 Å². The van der Waals surface area contributed by atoms with Crippen LogP contribution in [0.1, 0.15) is 258 Å². The van der Waals surface area contributed by atoms with Gasteiger partial charge >= 0.3 is 11.9 Å². The molecule has 0 unspecified atom stereocenters. The Morgan fingerprint density at radius 2 is 1.17 bits per heavy atom. The number of amides is 1. The summed E-state index contributed by atoms with van der Waals surface area (Å²) in [6.45, 7) is 14.9. The molecule has 11 nitrogen and oxygen atoms in total. The first-order valence-corrected chi connectivity index (χ1v) is 29.6. The zero-order valence-corrected chi connectivity index (χ0v) is 46.5. The second kappa shape index (κ2) is 40.5. The Hall–Kier alpha value is -2.83. The molecule has 72 heavy (non-hydrogen) atoms. The lowest BCUT2D eigenvalue weighted by Crippen LogP contribution is -2.69. The largest absolute Gasteiger partial charge is 0.462 e. The minimum atomic E-state index is -1.01. The highest BCUT2D eigenvalue weighted by atomic mass is 16.8. The van der Waals surface area contributed by atoms with Crippen LogP contribution in [0.3, 0.4) is 0 Å². The van der Waals surface area contributed by atoms with Gasteiger partial charge < -0.3 is 38.5 Å². The summed E-state index contributed by atoms with van der Waals surface area (Å²) in [5.41, 5.74) is 1.04. The number of rotatable bonds is 45. The van der Waals surface area contributed by atoms with E-state index in [9.17, 15) is 14.4 Å². The molecule has 0 bridgehead atoms. The normalized spacial score (nSPS) is 20.3. The fraction of sp³-hybridized carbons (Fsp3) is 0.820. The number of nitrogens with one attached hydrogen (secondary N) is 1. The van der Waals surface area contributed by atoms with Gasteiger partial charge in [0.1, 0.15) is 24.4 Å². The molecule has 2 aliphatic heterocycles. The molecule has 0 aliphatic carbocycles. The van der Waals surface area contributed by atoms with Crippen LogP contribution < -0.4 is 5.32 Å². The Balaban J connectivity index is 1.73. The van der Waals surface area contributed by atoms with Crippen LogP contribution in [-0.2, 0) is 54.1 Å². The van der Waals surface area contributed by atoms with Gasteiger partial charge in [-0.05, 0) is 45.1 Å². The molecule has 0 saturated carbocycles. The van der Waals surface area contributed by atoms with E-state index in [1.807, 2.05) is 44.2 Å². The van der Waals surface area contributed by atoms with E-state index in [0.29, 0.717) is 19.4 Å². The highest BCUT2D eigenvalue weighted by Gasteiger charge is 2.54. The summed E-state index contributed by atoms with van der Waals surface area (Å²) in [7, 11) is 0. The number of hydrogen-bond donors (Lipinski definition) is 1. The van der Waals surface area contributed by atoms with Gasteiger partial charge in [-0.25, -0.2) is 0 Å². The van der Waals surface area contributed by atoms with Crippen LogP contribution >= 0.6 is 0 Å². The van der Waals surface area contributed by atoms with E-state index in [1.54, 1.807) is 6.08 Å². The summed E-state index contributed by atoms with van der Waals surface area (Å²) < 4.78 is 44.2. The minimum Gasteiger partial charge on any atom is -0.462 e. The third-order valence-corrected chi connectivity index (χ3v) is 14.3. The number of hydrogen-bond acceptors (Lipinski definition) is 10. The van der Waals surface area contributed by atoms with Crippen molar-refractivity contribution in [2.24, 2.45) is 0 Å². The van der Waals surface area contributed by atoms with Crippen LogP contribution in [-0.4, -0.2) is 79.7 Å². The van der Waals surface area contributed by atoms with E-state index in [4.69, 9.17) is 33.2 Å². The number of esters is 2. The fourth-order valence-electron chi connectivity index (χ4n) is 10.0. The molecular formula is C61H105NO10. The van der Waals surface area contributed by atoms with Crippen molar-refractivity contribution in [2.45, 2.75) is 308 Å². The zero-order valence-electron chi connectivity index (χ0n) is 46.5. The van der Waals surface area contributed by atoms with Gasteiger partial charge in [-0.3, -0.25) is 14.4 Å². The fourth-order valence-corrected chi connectivity index (χ4v) is 10.0. The van der Waals surface area contributed by atoms with Gasteiger partial charge in [0.2, 0.25) is 5.91 Å². The first kappa shape index (κ1) is 63.5. The molecule has 0 radical (unpaired) electrons. The molecule has 2 saturated heterocycles. The molecule has 2 aliphatic rings. The van der Waals surface area contributed by atoms with Crippen molar-refractivity contribution in [3.05, 3.63) is 48.6 Å². The van der Waals surface area contributed by atoms with Crippen molar-refractivity contribution < 1.29 is 47.5 Å². The molecule has 414 valence electrons. The Kier molecular flexibility index (Phi) is 35.7. The van der Waals surface area contributed by atoms with E-state index < -0.39 is 48.5 Å². The number of benzene rings is 1. The summed E-state index contributed by atoms with van der Waals surface area (Å²) >= 11 is 0. The summed E-state index contributed by atoms with van der Waals surface area (Å²) in [4.78, 5) is 42.0. The zero-order chi connectivity index (χ0) is 51.9. The minimum absolute atomic E-state index is 0.106. The molecule has 2 fully saturated rings. The smallest absolute Gasteiger partial charge is 0.310 e. The number of carbonyl (C=O) groups excluding carboxylic acids is 3. The predicted octanol–water partition coefficient (Wildman–Crippen LogP) is 15.3. The quantitative estimate of drug-likeness (QED) is 0.0383. The summed E-state index contributed by atoms with van der Waals surface area (Å²) in [5.74, 6) is -2.08. The Bertz CT molecular complexity index is 1520. The Morgan fingerprint density at radius 1 is 0.667 bits per heavy atom. The summed E-state index contributed by atoms with van der Waals surface area (Å²) in [6.07, 6.45) is 33.4. The Morgan fingerprint density at radius 3 is 1.69 bits per heavy atom. The van der Waals surface area contributed by atoms with Gasteiger partial charge in [0.05, 0.1) is 38.8 Å². The maximum atomic E-state index is 14.3. The maximum Gasteiger partial charge on any atom is 0.310 e. The molecule has 0 aromatic heterocycles. The van der Waals surface area contributed by atoms with Crippen molar-refractivity contribution >= 4 is 17.8 Å². The van der Waals surface area contributed by atoms with E-state index in [2.05, 4.69) is 32.7 Å². The molecular weight excluding hydrogens is 907 g/mol. The van der Waals surface area contributed by atoms with Crippen LogP contribution in [0.15, 0.2) is 43.0 Å². The van der Waals surface area contributed by atoms with E-state index in [-0.39, 0.29) is 44.0 Å². The standard InChI is InChI=1S/C61H105NO10/c1-7-11-14-17-20-23-24-27-30-33-39-44-55(64)69-52(43-38-32-29-26-22-19-16-13-9-3)47-56(65)71-59-57(60(66-45-10-4)70-53-49-68-61(5,6)72-58(53)59)62-54(63)46-51(67-48-50-40-35-34-36-41-50)42-37-31-28-25-21-18-15-12-8-2/h10,34-36,40-41,51-53,57-60H,4,7-9,11-33,37-39,42-49H2,1-3,5-6H3,(H,62,63)/t51-,52-,53-,57-,58-,59-,60+/m1/s1. The van der Waals surface area contributed by atoms with E-state index in [0.717, 1.165) is 63.4 Å². The number of unbranched alkanes of at least 4 members (excludes halogenated alkanes) is 26. The second-order valence-electron chi connectivity index (χ2n) is 21.5. The van der Waals surface area contributed by atoms with E-state index in [1.165, 1.54) is 135 Å². The third-order valence-electron chi connectivity index (χ3n) is 14.3. The number of fused-ring (bicyclic) bond motifs is 1. The molecule has 1 amide bonds. The maximum absolute atomic E-state index is 14.3. The van der Waals surface area contributed by atoms with Crippen LogP contribution in [0.25, 0.3) is 0 Å². The predicted molar refractivity (Wildman–Crippen MR) is 290 cm³/mol. The van der Waals surface area contributed by atoms with Crippen LogP contribution in [0, 0.1) is 0 Å². The topological polar surface area (TPSA) is 128 Å². The van der Waals surface area contributed by atoms with Gasteiger partial charge in [0.15, 0.2) is 18.2 Å². The van der Waals surface area contributed by atoms with Crippen LogP contribution in [0.5, 0.6) is 0 Å². The van der Waals surface area contributed by atoms with Gasteiger partial charge in [-0.1, -0.05) is 231 Å². The molecule has 2 heterocycles. The van der Waals surface area contributed by atoms with Gasteiger partial charge in [-0.15, -0.1) is 6.58 Å². The van der Waals surface area contributed by atoms with E-state index >= 15 is 0 Å². The van der Waals surface area contributed by atoms with Gasteiger partial charge in [0.25, 0.3) is 0 Å². The SMILES string of the molecule is C=CCO[C@H]1O[C@@H]2COC(C)(C)O[C@H]2[C@H](OC(=O)C[C@@H](CCCCCCCCCCC)OC(=O)CCCCCCCCCCCCC)[C@H]1NC(=O)C[C@@H](CCCCCCCCCCC)OCc1ccccc1. The Labute approximate surface area is 439 Å². The first-order valence-electron chi connectivity index (χ1n) is 29.6. The molecule has 11 heteroatoms. The average Bonchev–Trinajstić information content (AvgIpc) is 3.36. The number of ether oxygens (including phenoxy) is 7. The lowest BCUT2D eigenvalue weighted by molar-refractivity contribution is -0.368. The molecule has 1 aromatic carbocycles. The molecule has 1 N–H and O–H groups in total. The molecule has 0 spiro atoms. The van der Waals surface area contributed by atoms with Gasteiger partial charge in [-0.2, -0.15) is 0 Å². The second-order valence-corrected chi connectivity index (χ2v) is 21.5. The van der Waals surface area contributed by atoms with Crippen molar-refractivity contribution in [2.75, 3.05) is 13.2 Å². The van der Waals surface area contributed by atoms with Crippen molar-refractivity contribution in [1.82, 2.24) is 5.32 Å². The van der Waals surface area contributed by atoms with Crippen molar-refractivity contribution in [3.63, 3.8) is 0 Å². The molecule has 7 atom stereocenters. The third kappa shape index (κ3) is 29.3. The summed E-state index contributed by atoms with van der Waals surface area (Å²) in [5, 5.41) is 3.18. The lowest BCUT2D eigenvalue weighted by Gasteiger charge is -2.50. The highest BCUT2D eigenvalue weighted by molar-refractivity contribution is 5.77. The average molecular weight is 1010 g/mol. The monoisotopic (exact) mass is 1010 g/mol. The van der Waals surface area contributed by atoms with Crippen molar-refractivity contribution in [3.8, 4) is 0 Å².